The van der Waals surface area contributed by atoms with Gasteiger partial charge in [0.2, 0.25) is 6.20 Å². The van der Waals surface area contributed by atoms with Crippen LogP contribution in [0.2, 0.25) is 5.15 Å². The average molecular weight is 213 g/mol. The van der Waals surface area contributed by atoms with Gasteiger partial charge in [-0.3, -0.25) is 0 Å². The number of aromatic hydroxyl groups is 1. The van der Waals surface area contributed by atoms with E-state index in [2.05, 4.69) is 0 Å². The highest BCUT2D eigenvalue weighted by Gasteiger charge is 2.14. The molecule has 2 aromatic rings. The standard InChI is InChI=1S/C10H7ClFNO/c1-13-5-9(14)7-3-2-6(12)4-8(7)10(13)11/h2-5H,1H3/p+1. The van der Waals surface area contributed by atoms with Gasteiger partial charge in [-0.15, -0.1) is 0 Å². The van der Waals surface area contributed by atoms with E-state index in [-0.39, 0.29) is 11.6 Å². The molecule has 0 amide bonds. The van der Waals surface area contributed by atoms with Gasteiger partial charge in [0.05, 0.1) is 5.39 Å². The number of aryl methyl sites for hydroxylation is 1. The van der Waals surface area contributed by atoms with Gasteiger partial charge in [0.1, 0.15) is 12.9 Å². The van der Waals surface area contributed by atoms with Gasteiger partial charge in [-0.05, 0) is 29.8 Å². The van der Waals surface area contributed by atoms with Crippen LogP contribution < -0.4 is 4.57 Å². The Morgan fingerprint density at radius 2 is 2.07 bits per heavy atom. The first-order valence-corrected chi connectivity index (χ1v) is 4.44. The monoisotopic (exact) mass is 212 g/mol. The van der Waals surface area contributed by atoms with Crippen molar-refractivity contribution in [2.45, 2.75) is 0 Å². The Balaban J connectivity index is 2.95. The molecule has 0 saturated heterocycles. The third-order valence-electron chi connectivity index (χ3n) is 2.11. The quantitative estimate of drug-likeness (QED) is 0.525. The van der Waals surface area contributed by atoms with Gasteiger partial charge in [-0.1, -0.05) is 0 Å². The van der Waals surface area contributed by atoms with Gasteiger partial charge < -0.3 is 5.11 Å². The second-order valence-electron chi connectivity index (χ2n) is 3.11. The van der Waals surface area contributed by atoms with E-state index in [0.29, 0.717) is 15.9 Å². The molecule has 14 heavy (non-hydrogen) atoms. The summed E-state index contributed by atoms with van der Waals surface area (Å²) in [5.41, 5.74) is 0. The number of hydrogen-bond donors (Lipinski definition) is 1. The van der Waals surface area contributed by atoms with Crippen molar-refractivity contribution in [2.75, 3.05) is 0 Å². The van der Waals surface area contributed by atoms with Crippen molar-refractivity contribution in [3.05, 3.63) is 35.4 Å². The Bertz CT molecular complexity index is 513. The van der Waals surface area contributed by atoms with Crippen LogP contribution in [0.3, 0.4) is 0 Å². The Labute approximate surface area is 85.2 Å². The summed E-state index contributed by atoms with van der Waals surface area (Å²) in [5.74, 6) is -0.281. The minimum absolute atomic E-state index is 0.0897. The molecule has 0 saturated carbocycles. The molecule has 0 aliphatic heterocycles. The second-order valence-corrected chi connectivity index (χ2v) is 3.46. The number of nitrogens with zero attached hydrogens (tertiary/aromatic N) is 1. The minimum Gasteiger partial charge on any atom is -0.502 e. The number of fused-ring (bicyclic) bond motifs is 1. The van der Waals surface area contributed by atoms with Crippen molar-refractivity contribution in [2.24, 2.45) is 7.05 Å². The van der Waals surface area contributed by atoms with Crippen LogP contribution in [0.4, 0.5) is 4.39 Å². The molecule has 1 aromatic carbocycles. The zero-order chi connectivity index (χ0) is 10.3. The molecule has 1 N–H and O–H groups in total. The van der Waals surface area contributed by atoms with Crippen molar-refractivity contribution in [3.8, 4) is 5.75 Å². The fraction of sp³-hybridized carbons (Fsp3) is 0.100. The van der Waals surface area contributed by atoms with Crippen LogP contribution >= 0.6 is 11.6 Å². The maximum absolute atomic E-state index is 12.9. The van der Waals surface area contributed by atoms with Gasteiger partial charge in [-0.25, -0.2) is 4.39 Å². The first kappa shape index (κ1) is 9.21. The van der Waals surface area contributed by atoms with E-state index in [9.17, 15) is 9.50 Å². The predicted octanol–water partition coefficient (Wildman–Crippen LogP) is 2.16. The average Bonchev–Trinajstić information content (AvgIpc) is 2.14. The molecule has 0 spiro atoms. The highest BCUT2D eigenvalue weighted by atomic mass is 35.5. The van der Waals surface area contributed by atoms with Crippen molar-refractivity contribution >= 4 is 22.4 Å². The van der Waals surface area contributed by atoms with Crippen molar-refractivity contribution in [3.63, 3.8) is 0 Å². The van der Waals surface area contributed by atoms with Crippen LogP contribution in [0.1, 0.15) is 0 Å². The highest BCUT2D eigenvalue weighted by molar-refractivity contribution is 6.33. The molecule has 1 heterocycles. The Morgan fingerprint density at radius 1 is 1.36 bits per heavy atom. The van der Waals surface area contributed by atoms with Crippen LogP contribution in [0.5, 0.6) is 5.75 Å². The number of benzene rings is 1. The lowest BCUT2D eigenvalue weighted by atomic mass is 10.1. The van der Waals surface area contributed by atoms with Crippen molar-refractivity contribution in [1.82, 2.24) is 0 Å². The first-order chi connectivity index (χ1) is 6.59. The molecule has 4 heteroatoms. The summed E-state index contributed by atoms with van der Waals surface area (Å²) in [6, 6.07) is 4.10. The molecule has 0 atom stereocenters. The number of rotatable bonds is 0. The van der Waals surface area contributed by atoms with Gasteiger partial charge in [-0.2, -0.15) is 4.57 Å². The summed E-state index contributed by atoms with van der Waals surface area (Å²) >= 11 is 5.96. The highest BCUT2D eigenvalue weighted by Crippen LogP contribution is 2.27. The lowest BCUT2D eigenvalue weighted by Gasteiger charge is -2.01. The summed E-state index contributed by atoms with van der Waals surface area (Å²) in [4.78, 5) is 0. The van der Waals surface area contributed by atoms with Crippen LogP contribution in [0, 0.1) is 5.82 Å². The SMILES string of the molecule is C[n+]1cc(O)c2ccc(F)cc2c1Cl. The number of pyridine rings is 1. The summed E-state index contributed by atoms with van der Waals surface area (Å²) in [7, 11) is 1.69. The van der Waals surface area contributed by atoms with Crippen molar-refractivity contribution in [1.29, 1.82) is 0 Å². The zero-order valence-electron chi connectivity index (χ0n) is 7.46. The smallest absolute Gasteiger partial charge is 0.282 e. The minimum atomic E-state index is -0.370. The molecule has 2 nitrogen and oxygen atoms in total. The maximum Gasteiger partial charge on any atom is 0.282 e. The molecule has 1 aromatic heterocycles. The Kier molecular flexibility index (Phi) is 2.04. The second kappa shape index (κ2) is 3.10. The summed E-state index contributed by atoms with van der Waals surface area (Å²) in [6.45, 7) is 0. The number of halogens is 2. The molecule has 2 rings (SSSR count). The number of hydrogen-bond acceptors (Lipinski definition) is 1. The molecule has 0 radical (unpaired) electrons. The Morgan fingerprint density at radius 3 is 2.79 bits per heavy atom. The van der Waals surface area contributed by atoms with E-state index in [1.807, 2.05) is 0 Å². The molecule has 72 valence electrons. The maximum atomic E-state index is 12.9. The molecule has 0 fully saturated rings. The lowest BCUT2D eigenvalue weighted by molar-refractivity contribution is -0.668. The molecule has 0 unspecified atom stereocenters. The van der Waals surface area contributed by atoms with Crippen LogP contribution in [-0.4, -0.2) is 5.11 Å². The lowest BCUT2D eigenvalue weighted by Crippen LogP contribution is -2.28. The Hall–Kier alpha value is -1.35. The predicted molar refractivity (Wildman–Crippen MR) is 51.8 cm³/mol. The number of aromatic nitrogens is 1. The topological polar surface area (TPSA) is 24.1 Å². The van der Waals surface area contributed by atoms with Gasteiger partial charge in [0.25, 0.3) is 5.15 Å². The van der Waals surface area contributed by atoms with Crippen LogP contribution in [0.15, 0.2) is 24.4 Å². The summed E-state index contributed by atoms with van der Waals surface area (Å²) < 4.78 is 14.5. The van der Waals surface area contributed by atoms with E-state index in [1.165, 1.54) is 24.4 Å². The van der Waals surface area contributed by atoms with Crippen LogP contribution in [0.25, 0.3) is 10.8 Å². The largest absolute Gasteiger partial charge is 0.502 e. The molecular weight excluding hydrogens is 205 g/mol. The van der Waals surface area contributed by atoms with Gasteiger partial charge in [0.15, 0.2) is 5.75 Å². The molecular formula is C10H8ClFNO+. The van der Waals surface area contributed by atoms with E-state index >= 15 is 0 Å². The fourth-order valence-electron chi connectivity index (χ4n) is 1.41. The first-order valence-electron chi connectivity index (χ1n) is 4.06. The summed E-state index contributed by atoms with van der Waals surface area (Å²) in [6.07, 6.45) is 1.49. The van der Waals surface area contributed by atoms with E-state index in [4.69, 9.17) is 11.6 Å². The fourth-order valence-corrected chi connectivity index (χ4v) is 1.62. The normalized spacial score (nSPS) is 10.8. The molecule has 0 aliphatic rings. The van der Waals surface area contributed by atoms with E-state index in [0.717, 1.165) is 0 Å². The molecule has 0 aliphatic carbocycles. The third-order valence-corrected chi connectivity index (χ3v) is 2.58. The van der Waals surface area contributed by atoms with E-state index in [1.54, 1.807) is 11.6 Å². The van der Waals surface area contributed by atoms with Crippen LogP contribution in [-0.2, 0) is 7.05 Å². The van der Waals surface area contributed by atoms with Crippen molar-refractivity contribution < 1.29 is 14.1 Å². The third kappa shape index (κ3) is 1.30. The summed E-state index contributed by atoms with van der Waals surface area (Å²) in [5, 5.41) is 11.0. The van der Waals surface area contributed by atoms with Gasteiger partial charge in [0, 0.05) is 5.39 Å². The van der Waals surface area contributed by atoms with E-state index < -0.39 is 0 Å². The van der Waals surface area contributed by atoms with Gasteiger partial charge >= 0.3 is 0 Å². The molecule has 0 bridgehead atoms. The zero-order valence-corrected chi connectivity index (χ0v) is 8.22.